The van der Waals surface area contributed by atoms with Crippen molar-refractivity contribution in [2.45, 2.75) is 33.4 Å². The first-order valence-corrected chi connectivity index (χ1v) is 6.37. The molecule has 0 bridgehead atoms. The van der Waals surface area contributed by atoms with Crippen molar-refractivity contribution in [3.63, 3.8) is 0 Å². The molecule has 0 aliphatic heterocycles. The van der Waals surface area contributed by atoms with Crippen LogP contribution in [0, 0.1) is 0 Å². The molecule has 19 heavy (non-hydrogen) atoms. The number of rotatable bonds is 6. The summed E-state index contributed by atoms with van der Waals surface area (Å²) >= 11 is 0. The summed E-state index contributed by atoms with van der Waals surface area (Å²) in [6, 6.07) is 0.990. The van der Waals surface area contributed by atoms with Crippen molar-refractivity contribution in [3.05, 3.63) is 11.8 Å². The summed E-state index contributed by atoms with van der Waals surface area (Å²) in [6.07, 6.45) is -3.67. The Balaban J connectivity index is 3.15. The molecule has 4 nitrogen and oxygen atoms in total. The summed E-state index contributed by atoms with van der Waals surface area (Å²) < 4.78 is 38.4. The number of nitrogens with one attached hydrogen (secondary N) is 1. The van der Waals surface area contributed by atoms with Crippen LogP contribution in [0.1, 0.15) is 32.9 Å². The van der Waals surface area contributed by atoms with Crippen molar-refractivity contribution in [2.24, 2.45) is 0 Å². The molecule has 1 heterocycles. The molecule has 1 N–H and O–H groups in total. The van der Waals surface area contributed by atoms with Crippen LogP contribution < -0.4 is 10.2 Å². The Hall–Kier alpha value is -1.53. The highest BCUT2D eigenvalue weighted by Gasteiger charge is 2.34. The molecule has 0 saturated carbocycles. The zero-order valence-electron chi connectivity index (χ0n) is 11.4. The summed E-state index contributed by atoms with van der Waals surface area (Å²) in [7, 11) is 0. The Kier molecular flexibility index (Phi) is 5.38. The van der Waals surface area contributed by atoms with E-state index in [4.69, 9.17) is 0 Å². The second-order valence-corrected chi connectivity index (χ2v) is 4.03. The highest BCUT2D eigenvalue weighted by molar-refractivity contribution is 5.45. The second-order valence-electron chi connectivity index (χ2n) is 4.03. The molecule has 0 spiro atoms. The minimum absolute atomic E-state index is 0.0265. The van der Waals surface area contributed by atoms with Gasteiger partial charge < -0.3 is 10.2 Å². The summed E-state index contributed by atoms with van der Waals surface area (Å²) in [5.41, 5.74) is -0.914. The van der Waals surface area contributed by atoms with E-state index in [1.54, 1.807) is 4.90 Å². The van der Waals surface area contributed by atoms with Crippen LogP contribution in [0.2, 0.25) is 0 Å². The number of aromatic nitrogens is 2. The van der Waals surface area contributed by atoms with Gasteiger partial charge in [-0.3, -0.25) is 0 Å². The smallest absolute Gasteiger partial charge is 0.357 e. The van der Waals surface area contributed by atoms with Crippen LogP contribution in [0.15, 0.2) is 6.07 Å². The van der Waals surface area contributed by atoms with Gasteiger partial charge in [0.2, 0.25) is 5.95 Å². The molecule has 0 saturated heterocycles. The van der Waals surface area contributed by atoms with Crippen LogP contribution in [-0.2, 0) is 6.18 Å². The molecular formula is C12H19F3N4. The van der Waals surface area contributed by atoms with Crippen molar-refractivity contribution in [2.75, 3.05) is 29.9 Å². The van der Waals surface area contributed by atoms with E-state index in [1.165, 1.54) is 0 Å². The Bertz CT molecular complexity index is 402. The first-order valence-electron chi connectivity index (χ1n) is 6.37. The van der Waals surface area contributed by atoms with E-state index < -0.39 is 11.9 Å². The SMILES string of the molecule is CCCNc1nc(N(CC)CC)cc(C(F)(F)F)n1. The van der Waals surface area contributed by atoms with Crippen molar-refractivity contribution >= 4 is 11.8 Å². The zero-order chi connectivity index (χ0) is 14.5. The quantitative estimate of drug-likeness (QED) is 0.866. The van der Waals surface area contributed by atoms with Crippen LogP contribution in [0.5, 0.6) is 0 Å². The van der Waals surface area contributed by atoms with Gasteiger partial charge in [-0.2, -0.15) is 18.2 Å². The van der Waals surface area contributed by atoms with E-state index in [2.05, 4.69) is 15.3 Å². The van der Waals surface area contributed by atoms with Gasteiger partial charge in [-0.15, -0.1) is 0 Å². The van der Waals surface area contributed by atoms with Crippen molar-refractivity contribution in [1.29, 1.82) is 0 Å². The molecule has 0 amide bonds. The van der Waals surface area contributed by atoms with Crippen LogP contribution in [0.25, 0.3) is 0 Å². The van der Waals surface area contributed by atoms with E-state index in [9.17, 15) is 13.2 Å². The van der Waals surface area contributed by atoms with E-state index in [1.807, 2.05) is 20.8 Å². The number of hydrogen-bond acceptors (Lipinski definition) is 4. The van der Waals surface area contributed by atoms with Gasteiger partial charge in [-0.25, -0.2) is 4.98 Å². The summed E-state index contributed by atoms with van der Waals surface area (Å²) in [4.78, 5) is 9.41. The average molecular weight is 276 g/mol. The van der Waals surface area contributed by atoms with E-state index in [0.29, 0.717) is 25.5 Å². The van der Waals surface area contributed by atoms with Gasteiger partial charge in [-0.1, -0.05) is 6.92 Å². The topological polar surface area (TPSA) is 41.1 Å². The van der Waals surface area contributed by atoms with Gasteiger partial charge in [0.1, 0.15) is 5.82 Å². The van der Waals surface area contributed by atoms with Crippen LogP contribution >= 0.6 is 0 Å². The molecular weight excluding hydrogens is 257 g/mol. The van der Waals surface area contributed by atoms with Gasteiger partial charge in [0.15, 0.2) is 5.69 Å². The molecule has 1 rings (SSSR count). The standard InChI is InChI=1S/C12H19F3N4/c1-4-7-16-11-17-9(12(13,14)15)8-10(18-11)19(5-2)6-3/h8H,4-7H2,1-3H3,(H,16,17,18). The predicted octanol–water partition coefficient (Wildman–Crippen LogP) is 3.16. The molecule has 1 aromatic rings. The lowest BCUT2D eigenvalue weighted by atomic mass is 10.3. The Morgan fingerprint density at radius 3 is 2.26 bits per heavy atom. The molecule has 0 atom stereocenters. The monoisotopic (exact) mass is 276 g/mol. The van der Waals surface area contributed by atoms with E-state index in [-0.39, 0.29) is 5.95 Å². The normalized spacial score (nSPS) is 11.5. The highest BCUT2D eigenvalue weighted by Crippen LogP contribution is 2.30. The van der Waals surface area contributed by atoms with Crippen LogP contribution in [-0.4, -0.2) is 29.6 Å². The minimum Gasteiger partial charge on any atom is -0.357 e. The van der Waals surface area contributed by atoms with E-state index in [0.717, 1.165) is 12.5 Å². The van der Waals surface area contributed by atoms with Crippen molar-refractivity contribution in [1.82, 2.24) is 9.97 Å². The third-order valence-corrected chi connectivity index (χ3v) is 2.62. The zero-order valence-corrected chi connectivity index (χ0v) is 11.4. The fraction of sp³-hybridized carbons (Fsp3) is 0.667. The third-order valence-electron chi connectivity index (χ3n) is 2.62. The van der Waals surface area contributed by atoms with Gasteiger partial charge >= 0.3 is 6.18 Å². The maximum Gasteiger partial charge on any atom is 0.433 e. The lowest BCUT2D eigenvalue weighted by Crippen LogP contribution is -2.25. The molecule has 0 radical (unpaired) electrons. The number of halogens is 3. The third kappa shape index (κ3) is 4.25. The first kappa shape index (κ1) is 15.5. The van der Waals surface area contributed by atoms with Crippen LogP contribution in [0.4, 0.5) is 24.9 Å². The molecule has 0 unspecified atom stereocenters. The maximum absolute atomic E-state index is 12.8. The van der Waals surface area contributed by atoms with Gasteiger partial charge in [0, 0.05) is 25.7 Å². The average Bonchev–Trinajstić information content (AvgIpc) is 2.36. The molecule has 0 aliphatic carbocycles. The summed E-state index contributed by atoms with van der Waals surface area (Å²) in [6.45, 7) is 7.40. The van der Waals surface area contributed by atoms with Gasteiger partial charge in [0.05, 0.1) is 0 Å². The Morgan fingerprint density at radius 1 is 1.16 bits per heavy atom. The Labute approximate surface area is 111 Å². The molecule has 7 heteroatoms. The van der Waals surface area contributed by atoms with Crippen LogP contribution in [0.3, 0.4) is 0 Å². The molecule has 1 aromatic heterocycles. The lowest BCUT2D eigenvalue weighted by molar-refractivity contribution is -0.141. The largest absolute Gasteiger partial charge is 0.433 e. The fourth-order valence-electron chi connectivity index (χ4n) is 1.61. The number of hydrogen-bond donors (Lipinski definition) is 1. The molecule has 108 valence electrons. The van der Waals surface area contributed by atoms with Crippen molar-refractivity contribution < 1.29 is 13.2 Å². The summed E-state index contributed by atoms with van der Waals surface area (Å²) in [5, 5.41) is 2.80. The van der Waals surface area contributed by atoms with Gasteiger partial charge in [-0.05, 0) is 20.3 Å². The summed E-state index contributed by atoms with van der Waals surface area (Å²) in [5.74, 6) is 0.324. The number of anilines is 2. The molecule has 0 aromatic carbocycles. The number of alkyl halides is 3. The fourth-order valence-corrected chi connectivity index (χ4v) is 1.61. The van der Waals surface area contributed by atoms with E-state index >= 15 is 0 Å². The maximum atomic E-state index is 12.8. The first-order chi connectivity index (χ1) is 8.92. The second kappa shape index (κ2) is 6.58. The van der Waals surface area contributed by atoms with Gasteiger partial charge in [0.25, 0.3) is 0 Å². The number of nitrogens with zero attached hydrogens (tertiary/aromatic N) is 3. The predicted molar refractivity (Wildman–Crippen MR) is 69.4 cm³/mol. The van der Waals surface area contributed by atoms with Crippen molar-refractivity contribution in [3.8, 4) is 0 Å². The highest BCUT2D eigenvalue weighted by atomic mass is 19.4. The molecule has 0 fully saturated rings. The lowest BCUT2D eigenvalue weighted by Gasteiger charge is -2.21. The minimum atomic E-state index is -4.46. The molecule has 0 aliphatic rings. The Morgan fingerprint density at radius 2 is 1.79 bits per heavy atom.